The summed E-state index contributed by atoms with van der Waals surface area (Å²) in [7, 11) is 0. The molecule has 2 aromatic rings. The summed E-state index contributed by atoms with van der Waals surface area (Å²) < 4.78 is 6.55. The standard InChI is InChI=1S/C15H17N5O6/c1-3-26-11-4-5-12(13(8-11)19(22)23)17-15(21)6-7-18-10(2)14(9-16-18)20(24)25/h4-5,8-9H,3,6-7H2,1-2H3,(H,17,21). The van der Waals surface area contributed by atoms with E-state index in [1.165, 1.54) is 29.8 Å². The lowest BCUT2D eigenvalue weighted by atomic mass is 10.2. The number of nitrogens with one attached hydrogen (secondary N) is 1. The second-order valence-electron chi connectivity index (χ2n) is 5.26. The molecule has 0 fully saturated rings. The Morgan fingerprint density at radius 2 is 1.96 bits per heavy atom. The molecular formula is C15H17N5O6. The molecule has 0 aliphatic rings. The van der Waals surface area contributed by atoms with Gasteiger partial charge in [-0.05, 0) is 26.0 Å². The number of amides is 1. The Labute approximate surface area is 147 Å². The smallest absolute Gasteiger partial charge is 0.309 e. The monoisotopic (exact) mass is 363 g/mol. The summed E-state index contributed by atoms with van der Waals surface area (Å²) in [6, 6.07) is 4.15. The number of carbonyl (C=O) groups is 1. The van der Waals surface area contributed by atoms with Crippen molar-refractivity contribution in [1.82, 2.24) is 9.78 Å². The highest BCUT2D eigenvalue weighted by atomic mass is 16.6. The number of ether oxygens (including phenoxy) is 1. The molecule has 0 saturated heterocycles. The fourth-order valence-corrected chi connectivity index (χ4v) is 2.29. The Hall–Kier alpha value is -3.50. The number of nitrogens with zero attached hydrogens (tertiary/aromatic N) is 4. The first-order valence-corrected chi connectivity index (χ1v) is 7.71. The number of anilines is 1. The van der Waals surface area contributed by atoms with Gasteiger partial charge in [-0.25, -0.2) is 0 Å². The Bertz CT molecular complexity index is 847. The molecule has 11 heteroatoms. The summed E-state index contributed by atoms with van der Waals surface area (Å²) in [6.07, 6.45) is 1.06. The quantitative estimate of drug-likeness (QED) is 0.560. The molecule has 0 bridgehead atoms. The van der Waals surface area contributed by atoms with E-state index < -0.39 is 15.8 Å². The van der Waals surface area contributed by atoms with E-state index in [0.717, 1.165) is 6.20 Å². The van der Waals surface area contributed by atoms with Crippen LogP contribution in [0.3, 0.4) is 0 Å². The van der Waals surface area contributed by atoms with E-state index in [0.29, 0.717) is 18.1 Å². The topological polar surface area (TPSA) is 142 Å². The average molecular weight is 363 g/mol. The molecule has 0 radical (unpaired) electrons. The minimum absolute atomic E-state index is 0.0478. The maximum atomic E-state index is 12.1. The third kappa shape index (κ3) is 4.32. The number of carbonyl (C=O) groups excluding carboxylic acids is 1. The summed E-state index contributed by atoms with van der Waals surface area (Å²) >= 11 is 0. The molecule has 1 aromatic carbocycles. The van der Waals surface area contributed by atoms with Gasteiger partial charge in [0.2, 0.25) is 5.91 Å². The van der Waals surface area contributed by atoms with Gasteiger partial charge in [0.15, 0.2) is 0 Å². The largest absolute Gasteiger partial charge is 0.494 e. The average Bonchev–Trinajstić information content (AvgIpc) is 2.95. The highest BCUT2D eigenvalue weighted by Gasteiger charge is 2.19. The van der Waals surface area contributed by atoms with Crippen LogP contribution in [0.25, 0.3) is 0 Å². The van der Waals surface area contributed by atoms with E-state index in [1.54, 1.807) is 6.92 Å². The maximum absolute atomic E-state index is 12.1. The third-order valence-corrected chi connectivity index (χ3v) is 3.58. The number of aromatic nitrogens is 2. The van der Waals surface area contributed by atoms with Gasteiger partial charge in [0, 0.05) is 6.42 Å². The zero-order valence-corrected chi connectivity index (χ0v) is 14.2. The normalized spacial score (nSPS) is 10.4. The molecule has 138 valence electrons. The second-order valence-corrected chi connectivity index (χ2v) is 5.26. The van der Waals surface area contributed by atoms with Gasteiger partial charge in [-0.2, -0.15) is 5.10 Å². The Balaban J connectivity index is 2.06. The van der Waals surface area contributed by atoms with Crippen molar-refractivity contribution in [3.8, 4) is 5.75 Å². The number of hydrogen-bond acceptors (Lipinski definition) is 7. The molecule has 1 aromatic heterocycles. The highest BCUT2D eigenvalue weighted by Crippen LogP contribution is 2.29. The van der Waals surface area contributed by atoms with Gasteiger partial charge < -0.3 is 10.1 Å². The first kappa shape index (κ1) is 18.8. The molecule has 0 aliphatic carbocycles. The lowest BCUT2D eigenvalue weighted by molar-refractivity contribution is -0.385. The molecule has 2 rings (SSSR count). The van der Waals surface area contributed by atoms with Crippen molar-refractivity contribution in [3.05, 3.63) is 50.3 Å². The minimum Gasteiger partial charge on any atom is -0.494 e. The van der Waals surface area contributed by atoms with Crippen LogP contribution in [0, 0.1) is 27.2 Å². The lowest BCUT2D eigenvalue weighted by Gasteiger charge is -2.09. The maximum Gasteiger partial charge on any atom is 0.309 e. The predicted molar refractivity (Wildman–Crippen MR) is 91.1 cm³/mol. The van der Waals surface area contributed by atoms with Crippen molar-refractivity contribution in [2.75, 3.05) is 11.9 Å². The van der Waals surface area contributed by atoms with Crippen molar-refractivity contribution in [2.24, 2.45) is 0 Å². The molecule has 26 heavy (non-hydrogen) atoms. The minimum atomic E-state index is -0.612. The first-order valence-electron chi connectivity index (χ1n) is 7.71. The fourth-order valence-electron chi connectivity index (χ4n) is 2.29. The van der Waals surface area contributed by atoms with Crippen LogP contribution in [-0.2, 0) is 11.3 Å². The SMILES string of the molecule is CCOc1ccc(NC(=O)CCn2ncc([N+](=O)[O-])c2C)c([N+](=O)[O-])c1. The van der Waals surface area contributed by atoms with E-state index in [-0.39, 0.29) is 30.0 Å². The number of nitro groups is 2. The molecule has 1 amide bonds. The van der Waals surface area contributed by atoms with Crippen LogP contribution in [0.2, 0.25) is 0 Å². The van der Waals surface area contributed by atoms with Crippen LogP contribution < -0.4 is 10.1 Å². The zero-order chi connectivity index (χ0) is 19.3. The number of benzene rings is 1. The predicted octanol–water partition coefficient (Wildman–Crippen LogP) is 2.44. The van der Waals surface area contributed by atoms with Crippen LogP contribution in [-0.4, -0.2) is 32.1 Å². The van der Waals surface area contributed by atoms with Crippen molar-refractivity contribution in [2.45, 2.75) is 26.8 Å². The summed E-state index contributed by atoms with van der Waals surface area (Å²) in [4.78, 5) is 32.9. The van der Waals surface area contributed by atoms with Crippen LogP contribution in [0.4, 0.5) is 17.1 Å². The molecule has 1 heterocycles. The van der Waals surface area contributed by atoms with Gasteiger partial charge in [0.05, 0.1) is 29.1 Å². The van der Waals surface area contributed by atoms with Crippen molar-refractivity contribution >= 4 is 23.0 Å². The number of hydrogen-bond donors (Lipinski definition) is 1. The van der Waals surface area contributed by atoms with Gasteiger partial charge in [-0.1, -0.05) is 0 Å². The second kappa shape index (κ2) is 8.05. The number of nitro benzene ring substituents is 1. The summed E-state index contributed by atoms with van der Waals surface area (Å²) in [6.45, 7) is 3.75. The molecule has 1 N–H and O–H groups in total. The number of rotatable bonds is 8. The van der Waals surface area contributed by atoms with Gasteiger partial charge in [-0.15, -0.1) is 0 Å². The van der Waals surface area contributed by atoms with E-state index >= 15 is 0 Å². The Kier molecular flexibility index (Phi) is 5.83. The van der Waals surface area contributed by atoms with E-state index in [1.807, 2.05) is 0 Å². The van der Waals surface area contributed by atoms with Crippen LogP contribution >= 0.6 is 0 Å². The zero-order valence-electron chi connectivity index (χ0n) is 14.2. The van der Waals surface area contributed by atoms with Crippen LogP contribution in [0.1, 0.15) is 19.0 Å². The van der Waals surface area contributed by atoms with Crippen molar-refractivity contribution in [3.63, 3.8) is 0 Å². The van der Waals surface area contributed by atoms with Crippen molar-refractivity contribution in [1.29, 1.82) is 0 Å². The molecular weight excluding hydrogens is 346 g/mol. The van der Waals surface area contributed by atoms with Gasteiger partial charge in [0.1, 0.15) is 23.3 Å². The van der Waals surface area contributed by atoms with Gasteiger partial charge in [0.25, 0.3) is 5.69 Å². The number of aryl methyl sites for hydroxylation is 1. The van der Waals surface area contributed by atoms with E-state index in [2.05, 4.69) is 10.4 Å². The third-order valence-electron chi connectivity index (χ3n) is 3.58. The van der Waals surface area contributed by atoms with Crippen molar-refractivity contribution < 1.29 is 19.4 Å². The molecule has 0 atom stereocenters. The Morgan fingerprint density at radius 3 is 2.54 bits per heavy atom. The van der Waals surface area contributed by atoms with Gasteiger partial charge in [-0.3, -0.25) is 29.7 Å². The fraction of sp³-hybridized carbons (Fsp3) is 0.333. The first-order chi connectivity index (χ1) is 12.3. The Morgan fingerprint density at radius 1 is 1.27 bits per heavy atom. The molecule has 11 nitrogen and oxygen atoms in total. The highest BCUT2D eigenvalue weighted by molar-refractivity contribution is 5.93. The molecule has 0 unspecified atom stereocenters. The van der Waals surface area contributed by atoms with Crippen LogP contribution in [0.15, 0.2) is 24.4 Å². The van der Waals surface area contributed by atoms with E-state index in [9.17, 15) is 25.0 Å². The summed E-state index contributed by atoms with van der Waals surface area (Å²) in [5.74, 6) is -0.147. The molecule has 0 saturated carbocycles. The lowest BCUT2D eigenvalue weighted by Crippen LogP contribution is -2.16. The van der Waals surface area contributed by atoms with E-state index in [4.69, 9.17) is 4.74 Å². The summed E-state index contributed by atoms with van der Waals surface area (Å²) in [5.41, 5.74) is -0.0377. The summed E-state index contributed by atoms with van der Waals surface area (Å²) in [5, 5.41) is 28.3. The van der Waals surface area contributed by atoms with Gasteiger partial charge >= 0.3 is 5.69 Å². The van der Waals surface area contributed by atoms with Crippen LogP contribution in [0.5, 0.6) is 5.75 Å². The molecule has 0 spiro atoms. The molecule has 0 aliphatic heterocycles.